The lowest BCUT2D eigenvalue weighted by molar-refractivity contribution is -0.115. The van der Waals surface area contributed by atoms with Crippen molar-refractivity contribution in [2.45, 2.75) is 64.9 Å². The largest absolute Gasteiger partial charge is 0.375 e. The normalized spacial score (nSPS) is 38.8. The summed E-state index contributed by atoms with van der Waals surface area (Å²) in [4.78, 5) is 12.4. The van der Waals surface area contributed by atoms with Crippen molar-refractivity contribution in [2.24, 2.45) is 22.7 Å². The van der Waals surface area contributed by atoms with Crippen LogP contribution in [0.2, 0.25) is 0 Å². The Hall–Kier alpha value is -2.44. The minimum atomic E-state index is -1.26. The fraction of sp³-hybridized carbons (Fsp3) is 0.500. The maximum absolute atomic E-state index is 12.4. The molecule has 0 amide bonds. The van der Waals surface area contributed by atoms with E-state index in [1.165, 1.54) is 27.8 Å². The Bertz CT molecular complexity index is 1090. The predicted octanol–water partition coefficient (Wildman–Crippen LogP) is 5.39. The number of allylic oxidation sites excluding steroid dienone is 6. The summed E-state index contributed by atoms with van der Waals surface area (Å²) in [5, 5.41) is 20.9. The summed E-state index contributed by atoms with van der Waals surface area (Å²) in [5.41, 5.74) is 4.50. The maximum atomic E-state index is 12.4. The number of carbonyl (C=O) groups is 1. The van der Waals surface area contributed by atoms with E-state index in [0.29, 0.717) is 12.8 Å². The average molecular weight is 414 g/mol. The number of aryl methyl sites for hydroxylation is 1. The molecule has 5 rings (SSSR count). The summed E-state index contributed by atoms with van der Waals surface area (Å²) >= 11 is 0. The number of ketones is 1. The van der Waals surface area contributed by atoms with Gasteiger partial charge in [-0.05, 0) is 69.1 Å². The van der Waals surface area contributed by atoms with Crippen molar-refractivity contribution in [1.29, 1.82) is 5.26 Å². The Balaban J connectivity index is 1.66. The van der Waals surface area contributed by atoms with E-state index < -0.39 is 11.0 Å². The first-order valence-electron chi connectivity index (χ1n) is 11.6. The molecule has 3 heteroatoms. The topological polar surface area (TPSA) is 61.1 Å². The average Bonchev–Trinajstić information content (AvgIpc) is 3.03. The van der Waals surface area contributed by atoms with E-state index in [9.17, 15) is 15.2 Å². The monoisotopic (exact) mass is 413 g/mol. The van der Waals surface area contributed by atoms with Crippen molar-refractivity contribution in [3.63, 3.8) is 0 Å². The third kappa shape index (κ3) is 2.77. The number of carbonyl (C=O) groups excluding carboxylic acids is 1. The summed E-state index contributed by atoms with van der Waals surface area (Å²) in [6.45, 7) is 6.35. The highest BCUT2D eigenvalue weighted by atomic mass is 16.3. The molecule has 1 N–H and O–H groups in total. The Morgan fingerprint density at radius 3 is 2.65 bits per heavy atom. The van der Waals surface area contributed by atoms with Gasteiger partial charge in [0.05, 0.1) is 6.07 Å². The molecule has 31 heavy (non-hydrogen) atoms. The van der Waals surface area contributed by atoms with Gasteiger partial charge < -0.3 is 5.11 Å². The van der Waals surface area contributed by atoms with Crippen LogP contribution in [0.1, 0.15) is 57.1 Å². The number of benzene rings is 1. The fourth-order valence-corrected chi connectivity index (χ4v) is 7.08. The molecule has 0 aliphatic heterocycles. The van der Waals surface area contributed by atoms with Gasteiger partial charge in [0.2, 0.25) is 0 Å². The fourth-order valence-electron chi connectivity index (χ4n) is 7.08. The molecule has 0 spiro atoms. The van der Waals surface area contributed by atoms with E-state index in [2.05, 4.69) is 63.3 Å². The first-order chi connectivity index (χ1) is 14.7. The highest BCUT2D eigenvalue weighted by Gasteiger charge is 2.62. The van der Waals surface area contributed by atoms with Gasteiger partial charge in [0.25, 0.3) is 0 Å². The van der Waals surface area contributed by atoms with Gasteiger partial charge in [-0.2, -0.15) is 5.26 Å². The number of hydrogen-bond acceptors (Lipinski definition) is 3. The lowest BCUT2D eigenvalue weighted by atomic mass is 9.50. The molecule has 0 radical (unpaired) electrons. The van der Waals surface area contributed by atoms with Crippen LogP contribution >= 0.6 is 0 Å². The number of aliphatic hydroxyl groups is 1. The molecule has 0 saturated heterocycles. The molecule has 1 saturated carbocycles. The molecule has 160 valence electrons. The molecule has 0 heterocycles. The van der Waals surface area contributed by atoms with Crippen LogP contribution < -0.4 is 0 Å². The Labute approximate surface area is 185 Å². The lowest BCUT2D eigenvalue weighted by Crippen LogP contribution is -2.50. The second-order valence-electron chi connectivity index (χ2n) is 10.5. The molecular formula is C28H31NO2. The highest BCUT2D eigenvalue weighted by Crippen LogP contribution is 2.65. The van der Waals surface area contributed by atoms with Crippen molar-refractivity contribution in [2.75, 3.05) is 0 Å². The van der Waals surface area contributed by atoms with Crippen LogP contribution in [0.15, 0.2) is 59.2 Å². The molecule has 0 unspecified atom stereocenters. The Morgan fingerprint density at radius 2 is 1.94 bits per heavy atom. The van der Waals surface area contributed by atoms with E-state index in [1.54, 1.807) is 0 Å². The standard InChI is InChI=1S/C28H31NO2/c1-18-4-6-20(7-5-18)16-27-12-8-21(30)15-25(27)19(2)14-22-23-10-13-28(31,17-29)26(23,3)11-9-24(22)27/h4-7,9,14-15,22-23,31H,8,10-13,16H2,1-3H3/t22-,23-,26-,27-,28-/m0/s1. The van der Waals surface area contributed by atoms with Crippen molar-refractivity contribution >= 4 is 5.78 Å². The van der Waals surface area contributed by atoms with Crippen LogP contribution in [0, 0.1) is 40.9 Å². The van der Waals surface area contributed by atoms with E-state index in [-0.39, 0.29) is 23.0 Å². The van der Waals surface area contributed by atoms with Gasteiger partial charge in [-0.1, -0.05) is 60.1 Å². The zero-order valence-electron chi connectivity index (χ0n) is 18.7. The van der Waals surface area contributed by atoms with Crippen molar-refractivity contribution in [3.05, 3.63) is 70.3 Å². The van der Waals surface area contributed by atoms with Crippen molar-refractivity contribution < 1.29 is 9.90 Å². The molecule has 1 aromatic rings. The van der Waals surface area contributed by atoms with Gasteiger partial charge in [0.1, 0.15) is 0 Å². The lowest BCUT2D eigenvalue weighted by Gasteiger charge is -2.54. The summed E-state index contributed by atoms with van der Waals surface area (Å²) in [7, 11) is 0. The molecule has 1 fully saturated rings. The number of nitrogens with zero attached hydrogens (tertiary/aromatic N) is 1. The third-order valence-corrected chi connectivity index (χ3v) is 8.96. The number of rotatable bonds is 2. The van der Waals surface area contributed by atoms with Gasteiger partial charge in [-0.25, -0.2) is 0 Å². The molecular weight excluding hydrogens is 382 g/mol. The van der Waals surface area contributed by atoms with Gasteiger partial charge in [0, 0.05) is 23.2 Å². The number of nitriles is 1. The van der Waals surface area contributed by atoms with E-state index in [1.807, 2.05) is 6.08 Å². The summed E-state index contributed by atoms with van der Waals surface area (Å²) in [5.74, 6) is 0.694. The van der Waals surface area contributed by atoms with Gasteiger partial charge in [-0.3, -0.25) is 4.79 Å². The SMILES string of the molecule is CC1=C[C@@H]2C(=CC[C@@]3(C)[C@H]2CC[C@]3(O)C#N)[C@@]2(Cc3ccc(C)cc3)CCC(=O)C=C12. The van der Waals surface area contributed by atoms with Gasteiger partial charge in [-0.15, -0.1) is 0 Å². The van der Waals surface area contributed by atoms with Gasteiger partial charge in [0.15, 0.2) is 11.4 Å². The van der Waals surface area contributed by atoms with Crippen LogP contribution in [-0.4, -0.2) is 16.5 Å². The molecule has 0 bridgehead atoms. The van der Waals surface area contributed by atoms with E-state index >= 15 is 0 Å². The zero-order valence-corrected chi connectivity index (χ0v) is 18.7. The van der Waals surface area contributed by atoms with Crippen LogP contribution in [0.3, 0.4) is 0 Å². The van der Waals surface area contributed by atoms with Crippen LogP contribution in [0.4, 0.5) is 0 Å². The number of fused-ring (bicyclic) bond motifs is 5. The molecule has 0 aromatic heterocycles. The quantitative estimate of drug-likeness (QED) is 0.522. The second-order valence-corrected chi connectivity index (χ2v) is 10.5. The van der Waals surface area contributed by atoms with Crippen LogP contribution in [0.5, 0.6) is 0 Å². The summed E-state index contributed by atoms with van der Waals surface area (Å²) < 4.78 is 0. The molecule has 4 aliphatic rings. The second kappa shape index (κ2) is 6.78. The molecule has 3 nitrogen and oxygen atoms in total. The summed E-state index contributed by atoms with van der Waals surface area (Å²) in [6, 6.07) is 11.0. The van der Waals surface area contributed by atoms with E-state index in [4.69, 9.17) is 0 Å². The minimum Gasteiger partial charge on any atom is -0.375 e. The van der Waals surface area contributed by atoms with Crippen LogP contribution in [-0.2, 0) is 11.2 Å². The van der Waals surface area contributed by atoms with Gasteiger partial charge >= 0.3 is 0 Å². The minimum absolute atomic E-state index is 0.165. The highest BCUT2D eigenvalue weighted by molar-refractivity contribution is 5.93. The van der Waals surface area contributed by atoms with Crippen molar-refractivity contribution in [1.82, 2.24) is 0 Å². The van der Waals surface area contributed by atoms with Crippen molar-refractivity contribution in [3.8, 4) is 6.07 Å². The zero-order chi connectivity index (χ0) is 22.0. The first kappa shape index (κ1) is 20.5. The predicted molar refractivity (Wildman–Crippen MR) is 121 cm³/mol. The number of hydrogen-bond donors (Lipinski definition) is 1. The Kier molecular flexibility index (Phi) is 4.47. The maximum Gasteiger partial charge on any atom is 0.156 e. The van der Waals surface area contributed by atoms with Crippen LogP contribution in [0.25, 0.3) is 0 Å². The molecule has 5 atom stereocenters. The smallest absolute Gasteiger partial charge is 0.156 e. The Morgan fingerprint density at radius 1 is 1.19 bits per heavy atom. The molecule has 4 aliphatic carbocycles. The first-order valence-corrected chi connectivity index (χ1v) is 11.6. The van der Waals surface area contributed by atoms with E-state index in [0.717, 1.165) is 25.7 Å². The molecule has 1 aromatic carbocycles. The summed E-state index contributed by atoms with van der Waals surface area (Å²) in [6.07, 6.45) is 11.0. The third-order valence-electron chi connectivity index (χ3n) is 8.96.